The van der Waals surface area contributed by atoms with Crippen LogP contribution in [0.25, 0.3) is 0 Å². The van der Waals surface area contributed by atoms with Gasteiger partial charge in [-0.2, -0.15) is 0 Å². The first-order chi connectivity index (χ1) is 15.5. The van der Waals surface area contributed by atoms with Crippen molar-refractivity contribution in [2.75, 3.05) is 10.6 Å². The molecule has 0 atom stereocenters. The second-order valence-electron chi connectivity index (χ2n) is 6.92. The number of para-hydroxylation sites is 2. The molecule has 0 aliphatic carbocycles. The quantitative estimate of drug-likeness (QED) is 0.362. The van der Waals surface area contributed by atoms with Gasteiger partial charge < -0.3 is 15.1 Å². The zero-order chi connectivity index (χ0) is 22.4. The highest BCUT2D eigenvalue weighted by molar-refractivity contribution is 7.89. The first-order valence-corrected chi connectivity index (χ1v) is 11.3. The van der Waals surface area contributed by atoms with Crippen LogP contribution in [0.3, 0.4) is 0 Å². The van der Waals surface area contributed by atoms with Crippen molar-refractivity contribution in [2.45, 2.75) is 11.4 Å². The van der Waals surface area contributed by atoms with Gasteiger partial charge in [-0.15, -0.1) is 0 Å². The number of nitrogens with one attached hydrogen (secondary N) is 3. The van der Waals surface area contributed by atoms with Crippen LogP contribution in [0.2, 0.25) is 0 Å². The molecule has 3 aromatic carbocycles. The van der Waals surface area contributed by atoms with Crippen LogP contribution in [0.4, 0.5) is 17.1 Å². The summed E-state index contributed by atoms with van der Waals surface area (Å²) >= 11 is 0. The third-order valence-corrected chi connectivity index (χ3v) is 6.04. The van der Waals surface area contributed by atoms with Gasteiger partial charge in [-0.05, 0) is 54.6 Å². The lowest BCUT2D eigenvalue weighted by Crippen LogP contribution is -2.23. The van der Waals surface area contributed by atoms with Gasteiger partial charge in [0.15, 0.2) is 0 Å². The smallest absolute Gasteiger partial charge is 0.257 e. The molecule has 1 aromatic heterocycles. The van der Waals surface area contributed by atoms with Crippen molar-refractivity contribution >= 4 is 33.0 Å². The first-order valence-electron chi connectivity index (χ1n) is 9.86. The summed E-state index contributed by atoms with van der Waals surface area (Å²) in [5.41, 5.74) is 2.29. The molecule has 0 bridgehead atoms. The van der Waals surface area contributed by atoms with E-state index >= 15 is 0 Å². The van der Waals surface area contributed by atoms with Gasteiger partial charge in [0.1, 0.15) is 5.76 Å². The number of benzene rings is 3. The summed E-state index contributed by atoms with van der Waals surface area (Å²) in [5, 5.41) is 6.01. The Balaban J connectivity index is 1.50. The monoisotopic (exact) mass is 447 g/mol. The van der Waals surface area contributed by atoms with Crippen LogP contribution >= 0.6 is 0 Å². The summed E-state index contributed by atoms with van der Waals surface area (Å²) < 4.78 is 32.9. The summed E-state index contributed by atoms with van der Waals surface area (Å²) in [6.45, 7) is 0.0322. The first kappa shape index (κ1) is 21.4. The SMILES string of the molecule is O=C(Nc1cccc(S(=O)(=O)NCc2ccco2)c1)c1ccccc1Nc1ccccc1. The number of anilines is 3. The molecule has 0 unspecified atom stereocenters. The lowest BCUT2D eigenvalue weighted by molar-refractivity contribution is 0.102. The summed E-state index contributed by atoms with van der Waals surface area (Å²) in [6.07, 6.45) is 1.48. The van der Waals surface area contributed by atoms with Gasteiger partial charge in [-0.1, -0.05) is 36.4 Å². The number of hydrogen-bond donors (Lipinski definition) is 3. The van der Waals surface area contributed by atoms with E-state index in [0.717, 1.165) is 5.69 Å². The lowest BCUT2D eigenvalue weighted by Gasteiger charge is -2.13. The van der Waals surface area contributed by atoms with Gasteiger partial charge in [0, 0.05) is 11.4 Å². The lowest BCUT2D eigenvalue weighted by atomic mass is 10.1. The zero-order valence-corrected chi connectivity index (χ0v) is 17.8. The van der Waals surface area contributed by atoms with Crippen LogP contribution in [0.15, 0.2) is 107 Å². The van der Waals surface area contributed by atoms with Crippen molar-refractivity contribution in [3.63, 3.8) is 0 Å². The van der Waals surface area contributed by atoms with Crippen LogP contribution in [0, 0.1) is 0 Å². The van der Waals surface area contributed by atoms with E-state index < -0.39 is 10.0 Å². The average Bonchev–Trinajstić information content (AvgIpc) is 3.33. The molecule has 1 amide bonds. The van der Waals surface area contributed by atoms with E-state index in [9.17, 15) is 13.2 Å². The van der Waals surface area contributed by atoms with Crippen molar-refractivity contribution in [1.82, 2.24) is 4.72 Å². The molecule has 4 rings (SSSR count). The predicted octanol–water partition coefficient (Wildman–Crippen LogP) is 4.75. The van der Waals surface area contributed by atoms with Gasteiger partial charge in [-0.25, -0.2) is 13.1 Å². The largest absolute Gasteiger partial charge is 0.468 e. The summed E-state index contributed by atoms with van der Waals surface area (Å²) in [5.74, 6) is 0.141. The molecule has 0 saturated heterocycles. The van der Waals surface area contributed by atoms with Crippen molar-refractivity contribution < 1.29 is 17.6 Å². The van der Waals surface area contributed by atoms with Crippen LogP contribution in [-0.2, 0) is 16.6 Å². The fourth-order valence-electron chi connectivity index (χ4n) is 3.07. The number of carbonyl (C=O) groups is 1. The van der Waals surface area contributed by atoms with Crippen molar-refractivity contribution in [2.24, 2.45) is 0 Å². The number of carbonyl (C=O) groups excluding carboxylic acids is 1. The molecule has 162 valence electrons. The molecule has 8 heteroatoms. The predicted molar refractivity (Wildman–Crippen MR) is 123 cm³/mol. The van der Waals surface area contributed by atoms with E-state index in [2.05, 4.69) is 15.4 Å². The molecule has 0 radical (unpaired) electrons. The highest BCUT2D eigenvalue weighted by atomic mass is 32.2. The van der Waals surface area contributed by atoms with Crippen LogP contribution in [0.1, 0.15) is 16.1 Å². The minimum atomic E-state index is -3.78. The zero-order valence-electron chi connectivity index (χ0n) is 17.0. The summed E-state index contributed by atoms with van der Waals surface area (Å²) in [6, 6.07) is 26.1. The van der Waals surface area contributed by atoms with E-state index in [1.807, 2.05) is 36.4 Å². The number of furan rings is 1. The molecule has 1 heterocycles. The Morgan fingerprint density at radius 2 is 1.56 bits per heavy atom. The fourth-order valence-corrected chi connectivity index (χ4v) is 4.11. The number of hydrogen-bond acceptors (Lipinski definition) is 5. The van der Waals surface area contributed by atoms with E-state index in [-0.39, 0.29) is 17.3 Å². The topological polar surface area (TPSA) is 100 Å². The van der Waals surface area contributed by atoms with Crippen LogP contribution in [0.5, 0.6) is 0 Å². The second kappa shape index (κ2) is 9.51. The molecule has 3 N–H and O–H groups in total. The van der Waals surface area contributed by atoms with Gasteiger partial charge in [0.2, 0.25) is 10.0 Å². The molecule has 32 heavy (non-hydrogen) atoms. The number of sulfonamides is 1. The summed E-state index contributed by atoms with van der Waals surface area (Å²) in [4.78, 5) is 13.0. The second-order valence-corrected chi connectivity index (χ2v) is 8.69. The van der Waals surface area contributed by atoms with E-state index in [4.69, 9.17) is 4.42 Å². The normalized spacial score (nSPS) is 11.1. The molecule has 0 spiro atoms. The average molecular weight is 448 g/mol. The molecule has 4 aromatic rings. The third kappa shape index (κ3) is 5.23. The Bertz CT molecular complexity index is 1300. The van der Waals surface area contributed by atoms with Gasteiger partial charge in [0.05, 0.1) is 29.0 Å². The maximum atomic E-state index is 12.9. The number of amides is 1. The number of rotatable bonds is 8. The van der Waals surface area contributed by atoms with Gasteiger partial charge in [-0.3, -0.25) is 4.79 Å². The van der Waals surface area contributed by atoms with Crippen molar-refractivity contribution in [3.05, 3.63) is 109 Å². The van der Waals surface area contributed by atoms with E-state index in [1.165, 1.54) is 18.4 Å². The Hall–Kier alpha value is -3.88. The minimum absolute atomic E-state index is 0.0322. The Labute approximate surface area is 186 Å². The minimum Gasteiger partial charge on any atom is -0.468 e. The Morgan fingerprint density at radius 3 is 2.34 bits per heavy atom. The van der Waals surface area contributed by atoms with Crippen LogP contribution < -0.4 is 15.4 Å². The molecular weight excluding hydrogens is 426 g/mol. The molecule has 0 saturated carbocycles. The van der Waals surface area contributed by atoms with E-state index in [1.54, 1.807) is 42.5 Å². The Morgan fingerprint density at radius 1 is 0.812 bits per heavy atom. The highest BCUT2D eigenvalue weighted by Crippen LogP contribution is 2.23. The van der Waals surface area contributed by atoms with Crippen molar-refractivity contribution in [3.8, 4) is 0 Å². The molecule has 0 aliphatic rings. The fraction of sp³-hybridized carbons (Fsp3) is 0.0417. The molecule has 0 aliphatic heterocycles. The molecular formula is C24H21N3O4S. The molecule has 7 nitrogen and oxygen atoms in total. The third-order valence-electron chi connectivity index (χ3n) is 4.64. The van der Waals surface area contributed by atoms with E-state index in [0.29, 0.717) is 22.7 Å². The van der Waals surface area contributed by atoms with Gasteiger partial charge >= 0.3 is 0 Å². The molecule has 0 fully saturated rings. The highest BCUT2D eigenvalue weighted by Gasteiger charge is 2.17. The maximum Gasteiger partial charge on any atom is 0.257 e. The Kier molecular flexibility index (Phi) is 6.34. The summed E-state index contributed by atoms with van der Waals surface area (Å²) in [7, 11) is -3.78. The van der Waals surface area contributed by atoms with Gasteiger partial charge in [0.25, 0.3) is 5.91 Å². The standard InChI is InChI=1S/C24H21N3O4S/c28-24(22-13-4-5-14-23(22)26-18-8-2-1-3-9-18)27-19-10-6-12-21(16-19)32(29,30)25-17-20-11-7-15-31-20/h1-16,25-26H,17H2,(H,27,28). The van der Waals surface area contributed by atoms with Crippen LogP contribution in [-0.4, -0.2) is 14.3 Å². The van der Waals surface area contributed by atoms with Crippen molar-refractivity contribution in [1.29, 1.82) is 0 Å². The maximum absolute atomic E-state index is 12.9.